The van der Waals surface area contributed by atoms with Gasteiger partial charge in [-0.05, 0) is 18.9 Å². The lowest BCUT2D eigenvalue weighted by atomic mass is 9.64. The molecule has 3 unspecified atom stereocenters. The second kappa shape index (κ2) is 5.94. The predicted molar refractivity (Wildman–Crippen MR) is 77.0 cm³/mol. The van der Waals surface area contributed by atoms with Gasteiger partial charge in [0.1, 0.15) is 6.10 Å². The minimum Gasteiger partial charge on any atom is -0.392 e. The Hall–Kier alpha value is -1.39. The number of nitrogens with one attached hydrogen (secondary N) is 1. The van der Waals surface area contributed by atoms with Crippen LogP contribution in [0.5, 0.6) is 0 Å². The highest BCUT2D eigenvalue weighted by atomic mass is 16.5. The van der Waals surface area contributed by atoms with E-state index in [1.807, 2.05) is 44.2 Å². The van der Waals surface area contributed by atoms with E-state index in [1.165, 1.54) is 0 Å². The predicted octanol–water partition coefficient (Wildman–Crippen LogP) is 1.87. The Morgan fingerprint density at radius 3 is 2.65 bits per heavy atom. The van der Waals surface area contributed by atoms with Crippen molar-refractivity contribution in [2.75, 3.05) is 0 Å². The number of rotatable bonds is 5. The molecule has 0 heterocycles. The molecule has 1 saturated carbocycles. The van der Waals surface area contributed by atoms with Crippen LogP contribution in [0.25, 0.3) is 0 Å². The Balaban J connectivity index is 1.78. The lowest BCUT2D eigenvalue weighted by molar-refractivity contribution is -0.140. The van der Waals surface area contributed by atoms with E-state index >= 15 is 0 Å². The number of hydrogen-bond donors (Lipinski definition) is 2. The van der Waals surface area contributed by atoms with Crippen LogP contribution in [0, 0.1) is 5.41 Å². The first kappa shape index (κ1) is 15.0. The van der Waals surface area contributed by atoms with Crippen LogP contribution < -0.4 is 5.32 Å². The summed E-state index contributed by atoms with van der Waals surface area (Å²) in [6.07, 6.45) is -0.221. The fourth-order valence-electron chi connectivity index (χ4n) is 2.31. The maximum atomic E-state index is 12.0. The summed E-state index contributed by atoms with van der Waals surface area (Å²) >= 11 is 0. The summed E-state index contributed by atoms with van der Waals surface area (Å²) in [5.41, 5.74) is 0.793. The summed E-state index contributed by atoms with van der Waals surface area (Å²) in [7, 11) is 0. The lowest BCUT2D eigenvalue weighted by Crippen LogP contribution is -2.62. The largest absolute Gasteiger partial charge is 0.392 e. The molecule has 3 atom stereocenters. The number of carbonyl (C=O) groups is 1. The Labute approximate surface area is 120 Å². The van der Waals surface area contributed by atoms with Crippen molar-refractivity contribution in [1.29, 1.82) is 0 Å². The third-order valence-corrected chi connectivity index (χ3v) is 4.24. The van der Waals surface area contributed by atoms with Crippen molar-refractivity contribution in [2.24, 2.45) is 5.41 Å². The Morgan fingerprint density at radius 1 is 1.45 bits per heavy atom. The summed E-state index contributed by atoms with van der Waals surface area (Å²) in [6.45, 7) is 6.09. The van der Waals surface area contributed by atoms with Crippen LogP contribution in [0.2, 0.25) is 0 Å². The fourth-order valence-corrected chi connectivity index (χ4v) is 2.31. The zero-order valence-electron chi connectivity index (χ0n) is 12.3. The van der Waals surface area contributed by atoms with E-state index < -0.39 is 6.10 Å². The Kier molecular flexibility index (Phi) is 4.45. The topological polar surface area (TPSA) is 58.6 Å². The van der Waals surface area contributed by atoms with Gasteiger partial charge in [0.25, 0.3) is 0 Å². The van der Waals surface area contributed by atoms with Crippen LogP contribution in [-0.4, -0.2) is 29.3 Å². The molecule has 4 heteroatoms. The van der Waals surface area contributed by atoms with Crippen molar-refractivity contribution in [1.82, 2.24) is 5.32 Å². The number of amides is 1. The van der Waals surface area contributed by atoms with Gasteiger partial charge in [0.15, 0.2) is 0 Å². The molecule has 0 bridgehead atoms. The van der Waals surface area contributed by atoms with Gasteiger partial charge in [-0.25, -0.2) is 0 Å². The van der Waals surface area contributed by atoms with Gasteiger partial charge in [-0.1, -0.05) is 44.2 Å². The van der Waals surface area contributed by atoms with Crippen LogP contribution in [-0.2, 0) is 16.1 Å². The molecule has 2 N–H and O–H groups in total. The number of ether oxygens (including phenoxy) is 1. The first-order valence-electron chi connectivity index (χ1n) is 7.05. The number of aliphatic hydroxyl groups is 1. The van der Waals surface area contributed by atoms with Crippen molar-refractivity contribution in [2.45, 2.75) is 52.0 Å². The average molecular weight is 277 g/mol. The first-order valence-corrected chi connectivity index (χ1v) is 7.05. The molecule has 0 saturated heterocycles. The van der Waals surface area contributed by atoms with Crippen molar-refractivity contribution in [3.63, 3.8) is 0 Å². The number of benzene rings is 1. The first-order chi connectivity index (χ1) is 9.41. The monoisotopic (exact) mass is 277 g/mol. The third-order valence-electron chi connectivity index (χ3n) is 4.24. The number of hydrogen-bond acceptors (Lipinski definition) is 3. The van der Waals surface area contributed by atoms with E-state index in [1.54, 1.807) is 6.92 Å². The summed E-state index contributed by atoms with van der Waals surface area (Å²) < 4.78 is 5.58. The van der Waals surface area contributed by atoms with Gasteiger partial charge in [0.2, 0.25) is 5.91 Å². The highest BCUT2D eigenvalue weighted by Crippen LogP contribution is 2.40. The zero-order chi connectivity index (χ0) is 14.8. The molecule has 1 amide bonds. The van der Waals surface area contributed by atoms with E-state index in [2.05, 4.69) is 5.32 Å². The fraction of sp³-hybridized carbons (Fsp3) is 0.562. The average Bonchev–Trinajstić information content (AvgIpc) is 2.45. The van der Waals surface area contributed by atoms with Gasteiger partial charge < -0.3 is 15.2 Å². The molecule has 110 valence electrons. The van der Waals surface area contributed by atoms with Crippen LogP contribution in [0.1, 0.15) is 32.8 Å². The van der Waals surface area contributed by atoms with Crippen LogP contribution in [0.4, 0.5) is 0 Å². The van der Waals surface area contributed by atoms with E-state index in [0.717, 1.165) is 5.56 Å². The van der Waals surface area contributed by atoms with Crippen LogP contribution in [0.15, 0.2) is 30.3 Å². The summed E-state index contributed by atoms with van der Waals surface area (Å²) in [4.78, 5) is 12.0. The molecule has 1 fully saturated rings. The maximum absolute atomic E-state index is 12.0. The zero-order valence-corrected chi connectivity index (χ0v) is 12.3. The van der Waals surface area contributed by atoms with E-state index in [-0.39, 0.29) is 23.5 Å². The second-order valence-electron chi connectivity index (χ2n) is 6.07. The van der Waals surface area contributed by atoms with Crippen LogP contribution in [0.3, 0.4) is 0 Å². The molecule has 1 aromatic carbocycles. The van der Waals surface area contributed by atoms with Gasteiger partial charge in [-0.3, -0.25) is 4.79 Å². The maximum Gasteiger partial charge on any atom is 0.249 e. The minimum atomic E-state index is -0.497. The second-order valence-corrected chi connectivity index (χ2v) is 6.07. The number of carbonyl (C=O) groups excluding carboxylic acids is 1. The molecule has 1 aliphatic carbocycles. The standard InChI is InChI=1S/C16H23NO3/c1-11(20-10-12-7-5-4-6-8-12)15(19)17-13-9-14(18)16(13,2)3/h4-8,11,13-14,18H,9-10H2,1-3H3,(H,17,19). The van der Waals surface area contributed by atoms with Crippen molar-refractivity contribution < 1.29 is 14.6 Å². The molecule has 4 nitrogen and oxygen atoms in total. The quantitative estimate of drug-likeness (QED) is 0.864. The van der Waals surface area contributed by atoms with E-state index in [4.69, 9.17) is 4.74 Å². The third kappa shape index (κ3) is 3.19. The van der Waals surface area contributed by atoms with Gasteiger partial charge in [0, 0.05) is 11.5 Å². The molecule has 20 heavy (non-hydrogen) atoms. The highest BCUT2D eigenvalue weighted by molar-refractivity contribution is 5.80. The molecule has 1 aliphatic rings. The lowest BCUT2D eigenvalue weighted by Gasteiger charge is -2.49. The SMILES string of the molecule is CC(OCc1ccccc1)C(=O)NC1CC(O)C1(C)C. The number of aliphatic hydroxyl groups excluding tert-OH is 1. The molecular weight excluding hydrogens is 254 g/mol. The van der Waals surface area contributed by atoms with Crippen molar-refractivity contribution >= 4 is 5.91 Å². The van der Waals surface area contributed by atoms with Crippen LogP contribution >= 0.6 is 0 Å². The van der Waals surface area contributed by atoms with Crippen molar-refractivity contribution in [3.05, 3.63) is 35.9 Å². The molecule has 2 rings (SSSR count). The van der Waals surface area contributed by atoms with Gasteiger partial charge in [-0.2, -0.15) is 0 Å². The molecule has 0 spiro atoms. The smallest absolute Gasteiger partial charge is 0.249 e. The van der Waals surface area contributed by atoms with Gasteiger partial charge in [0.05, 0.1) is 12.7 Å². The molecule has 0 aromatic heterocycles. The molecule has 1 aromatic rings. The highest BCUT2D eigenvalue weighted by Gasteiger charge is 2.48. The van der Waals surface area contributed by atoms with Gasteiger partial charge in [-0.15, -0.1) is 0 Å². The molecular formula is C16H23NO3. The molecule has 0 radical (unpaired) electrons. The summed E-state index contributed by atoms with van der Waals surface area (Å²) in [5, 5.41) is 12.6. The minimum absolute atomic E-state index is 0.0211. The van der Waals surface area contributed by atoms with E-state index in [9.17, 15) is 9.90 Å². The summed E-state index contributed by atoms with van der Waals surface area (Å²) in [5.74, 6) is -0.120. The Morgan fingerprint density at radius 2 is 2.10 bits per heavy atom. The van der Waals surface area contributed by atoms with E-state index in [0.29, 0.717) is 13.0 Å². The summed E-state index contributed by atoms with van der Waals surface area (Å²) in [6, 6.07) is 9.80. The normalized spacial score (nSPS) is 25.6. The Bertz CT molecular complexity index is 458. The molecule has 0 aliphatic heterocycles. The van der Waals surface area contributed by atoms with Crippen molar-refractivity contribution in [3.8, 4) is 0 Å². The van der Waals surface area contributed by atoms with Gasteiger partial charge >= 0.3 is 0 Å².